The molecule has 0 aromatic carbocycles. The second-order valence-corrected chi connectivity index (χ2v) is 3.74. The van der Waals surface area contributed by atoms with Gasteiger partial charge in [-0.25, -0.2) is 5.84 Å². The van der Waals surface area contributed by atoms with Gasteiger partial charge >= 0.3 is 0 Å². The van der Waals surface area contributed by atoms with Crippen molar-refractivity contribution in [3.05, 3.63) is 35.3 Å². The van der Waals surface area contributed by atoms with Gasteiger partial charge in [0.25, 0.3) is 0 Å². The predicted molar refractivity (Wildman–Crippen MR) is 61.9 cm³/mol. The molecule has 0 saturated carbocycles. The normalized spacial score (nSPS) is 9.88. The van der Waals surface area contributed by atoms with Crippen molar-refractivity contribution in [1.29, 1.82) is 0 Å². The zero-order valence-electron chi connectivity index (χ0n) is 8.09. The van der Waals surface area contributed by atoms with Gasteiger partial charge in [0.05, 0.1) is 18.6 Å². The number of hydrogen-bond donors (Lipinski definition) is 2. The Labute approximate surface area is 100.0 Å². The number of aromatic nitrogens is 3. The Morgan fingerprint density at radius 3 is 2.75 bits per heavy atom. The third-order valence-electron chi connectivity index (χ3n) is 1.66. The third-order valence-corrected chi connectivity index (χ3v) is 2.10. The van der Waals surface area contributed by atoms with E-state index in [4.69, 9.17) is 10.6 Å². The maximum absolute atomic E-state index is 5.44. The number of anilines is 1. The highest BCUT2D eigenvalue weighted by atomic mass is 79.9. The zero-order chi connectivity index (χ0) is 11.4. The standard InChI is InChI=1S/C9H8BrN5O/c10-6-1-7(3-12-2-6)16-9-5-13-4-8(14-9)15-11/h1-5H,11H2,(H,14,15). The Kier molecular flexibility index (Phi) is 3.28. The molecule has 6 nitrogen and oxygen atoms in total. The van der Waals surface area contributed by atoms with Gasteiger partial charge in [0.2, 0.25) is 5.88 Å². The molecule has 2 aromatic heterocycles. The van der Waals surface area contributed by atoms with Gasteiger partial charge in [0.1, 0.15) is 5.75 Å². The lowest BCUT2D eigenvalue weighted by atomic mass is 10.5. The molecule has 0 saturated heterocycles. The summed E-state index contributed by atoms with van der Waals surface area (Å²) in [5.41, 5.74) is 2.39. The van der Waals surface area contributed by atoms with Gasteiger partial charge in [-0.1, -0.05) is 0 Å². The lowest BCUT2D eigenvalue weighted by Crippen LogP contribution is -2.09. The molecule has 0 fully saturated rings. The number of pyridine rings is 1. The predicted octanol–water partition coefficient (Wildman–Crippen LogP) is 1.71. The highest BCUT2D eigenvalue weighted by molar-refractivity contribution is 9.10. The van der Waals surface area contributed by atoms with Crippen LogP contribution in [0.4, 0.5) is 5.82 Å². The first kappa shape index (κ1) is 10.8. The summed E-state index contributed by atoms with van der Waals surface area (Å²) in [6.45, 7) is 0. The molecule has 0 aliphatic carbocycles. The highest BCUT2D eigenvalue weighted by Crippen LogP contribution is 2.21. The van der Waals surface area contributed by atoms with Crippen LogP contribution in [-0.4, -0.2) is 15.0 Å². The van der Waals surface area contributed by atoms with E-state index >= 15 is 0 Å². The first-order chi connectivity index (χ1) is 7.78. The molecular formula is C9H8BrN5O. The maximum Gasteiger partial charge on any atom is 0.239 e. The second kappa shape index (κ2) is 4.86. The van der Waals surface area contributed by atoms with E-state index in [1.807, 2.05) is 0 Å². The summed E-state index contributed by atoms with van der Waals surface area (Å²) in [4.78, 5) is 11.9. The average Bonchev–Trinajstić information content (AvgIpc) is 2.29. The van der Waals surface area contributed by atoms with Crippen molar-refractivity contribution in [2.75, 3.05) is 5.43 Å². The van der Waals surface area contributed by atoms with Crippen LogP contribution in [0, 0.1) is 0 Å². The molecular weight excluding hydrogens is 274 g/mol. The molecule has 7 heteroatoms. The fourth-order valence-electron chi connectivity index (χ4n) is 1.04. The van der Waals surface area contributed by atoms with Crippen molar-refractivity contribution in [2.24, 2.45) is 5.84 Å². The number of halogens is 1. The second-order valence-electron chi connectivity index (χ2n) is 2.83. The molecule has 2 heterocycles. The number of nitrogens with zero attached hydrogens (tertiary/aromatic N) is 3. The zero-order valence-corrected chi connectivity index (χ0v) is 9.68. The summed E-state index contributed by atoms with van der Waals surface area (Å²) >= 11 is 3.29. The van der Waals surface area contributed by atoms with E-state index in [2.05, 4.69) is 36.3 Å². The van der Waals surface area contributed by atoms with Crippen LogP contribution in [0.2, 0.25) is 0 Å². The van der Waals surface area contributed by atoms with Crippen LogP contribution in [0.5, 0.6) is 11.6 Å². The first-order valence-electron chi connectivity index (χ1n) is 4.35. The summed E-state index contributed by atoms with van der Waals surface area (Å²) in [6.07, 6.45) is 6.22. The topological polar surface area (TPSA) is 86.0 Å². The summed E-state index contributed by atoms with van der Waals surface area (Å²) < 4.78 is 6.27. The lowest BCUT2D eigenvalue weighted by Gasteiger charge is -2.05. The minimum atomic E-state index is 0.343. The van der Waals surface area contributed by atoms with Gasteiger partial charge < -0.3 is 10.2 Å². The number of hydrogen-bond acceptors (Lipinski definition) is 6. The molecule has 0 aliphatic heterocycles. The number of ether oxygens (including phenoxy) is 1. The highest BCUT2D eigenvalue weighted by Gasteiger charge is 2.01. The maximum atomic E-state index is 5.44. The van der Waals surface area contributed by atoms with Gasteiger partial charge in [-0.15, -0.1) is 0 Å². The molecule has 0 amide bonds. The number of hydrazine groups is 1. The van der Waals surface area contributed by atoms with E-state index in [0.717, 1.165) is 4.47 Å². The molecule has 0 unspecified atom stereocenters. The molecule has 2 aromatic rings. The molecule has 16 heavy (non-hydrogen) atoms. The van der Waals surface area contributed by atoms with Crippen molar-refractivity contribution in [2.45, 2.75) is 0 Å². The summed E-state index contributed by atoms with van der Waals surface area (Å²) in [5.74, 6) is 6.55. The Bertz CT molecular complexity index is 493. The third kappa shape index (κ3) is 2.65. The van der Waals surface area contributed by atoms with Gasteiger partial charge in [-0.3, -0.25) is 9.97 Å². The average molecular weight is 282 g/mol. The van der Waals surface area contributed by atoms with Gasteiger partial charge in [-0.2, -0.15) is 4.98 Å². The molecule has 0 atom stereocenters. The first-order valence-corrected chi connectivity index (χ1v) is 5.14. The van der Waals surface area contributed by atoms with Crippen molar-refractivity contribution in [3.8, 4) is 11.6 Å². The molecule has 0 spiro atoms. The Hall–Kier alpha value is -1.73. The summed E-state index contributed by atoms with van der Waals surface area (Å²) in [6, 6.07) is 1.78. The number of nitrogens with two attached hydrogens (primary N) is 1. The van der Waals surface area contributed by atoms with E-state index in [0.29, 0.717) is 17.4 Å². The van der Waals surface area contributed by atoms with Crippen LogP contribution in [0.3, 0.4) is 0 Å². The quantitative estimate of drug-likeness (QED) is 0.658. The fourth-order valence-corrected chi connectivity index (χ4v) is 1.38. The number of rotatable bonds is 3. The Morgan fingerprint density at radius 1 is 1.19 bits per heavy atom. The monoisotopic (exact) mass is 281 g/mol. The van der Waals surface area contributed by atoms with E-state index < -0.39 is 0 Å². The van der Waals surface area contributed by atoms with Crippen molar-refractivity contribution >= 4 is 21.7 Å². The minimum Gasteiger partial charge on any atom is -0.436 e. The van der Waals surface area contributed by atoms with E-state index in [9.17, 15) is 0 Å². The van der Waals surface area contributed by atoms with Gasteiger partial charge in [0.15, 0.2) is 5.82 Å². The molecule has 2 rings (SSSR count). The molecule has 0 radical (unpaired) electrons. The molecule has 0 aliphatic rings. The molecule has 3 N–H and O–H groups in total. The smallest absolute Gasteiger partial charge is 0.239 e. The lowest BCUT2D eigenvalue weighted by molar-refractivity contribution is 0.458. The van der Waals surface area contributed by atoms with E-state index in [1.165, 1.54) is 12.4 Å². The van der Waals surface area contributed by atoms with Crippen LogP contribution >= 0.6 is 15.9 Å². The summed E-state index contributed by atoms with van der Waals surface area (Å²) in [5, 5.41) is 0. The Balaban J connectivity index is 2.20. The van der Waals surface area contributed by atoms with Gasteiger partial charge in [0, 0.05) is 10.7 Å². The number of nitrogen functional groups attached to an aromatic ring is 1. The van der Waals surface area contributed by atoms with E-state index in [-0.39, 0.29) is 0 Å². The van der Waals surface area contributed by atoms with Crippen LogP contribution in [0.1, 0.15) is 0 Å². The molecule has 0 bridgehead atoms. The van der Waals surface area contributed by atoms with Crippen LogP contribution < -0.4 is 16.0 Å². The number of nitrogens with one attached hydrogen (secondary N) is 1. The summed E-state index contributed by atoms with van der Waals surface area (Å²) in [7, 11) is 0. The van der Waals surface area contributed by atoms with Crippen molar-refractivity contribution in [1.82, 2.24) is 15.0 Å². The van der Waals surface area contributed by atoms with Crippen molar-refractivity contribution < 1.29 is 4.74 Å². The van der Waals surface area contributed by atoms with Crippen molar-refractivity contribution in [3.63, 3.8) is 0 Å². The van der Waals surface area contributed by atoms with Gasteiger partial charge in [-0.05, 0) is 22.0 Å². The largest absolute Gasteiger partial charge is 0.436 e. The fraction of sp³-hybridized carbons (Fsp3) is 0. The van der Waals surface area contributed by atoms with Crippen LogP contribution in [-0.2, 0) is 0 Å². The SMILES string of the molecule is NNc1cncc(Oc2cncc(Br)c2)n1. The molecule has 82 valence electrons. The van der Waals surface area contributed by atoms with Crippen LogP contribution in [0.15, 0.2) is 35.3 Å². The Morgan fingerprint density at radius 2 is 2.00 bits per heavy atom. The van der Waals surface area contributed by atoms with Crippen LogP contribution in [0.25, 0.3) is 0 Å². The minimum absolute atomic E-state index is 0.343. The van der Waals surface area contributed by atoms with E-state index in [1.54, 1.807) is 18.5 Å².